The summed E-state index contributed by atoms with van der Waals surface area (Å²) in [6, 6.07) is 13.2. The number of nitrogens with zero attached hydrogens (tertiary/aromatic N) is 1. The summed E-state index contributed by atoms with van der Waals surface area (Å²) in [4.78, 5) is 11.7. The Labute approximate surface area is 122 Å². The van der Waals surface area contributed by atoms with E-state index in [-0.39, 0.29) is 18.1 Å². The van der Waals surface area contributed by atoms with Gasteiger partial charge in [0, 0.05) is 0 Å². The topological polar surface area (TPSA) is 50.7 Å². The minimum atomic E-state index is -0.344. The molecule has 0 saturated carbocycles. The maximum Gasteiger partial charge on any atom is 0.244 e. The Morgan fingerprint density at radius 3 is 2.71 bits per heavy atom. The number of halogens is 1. The van der Waals surface area contributed by atoms with E-state index in [1.54, 1.807) is 31.4 Å². The number of ether oxygens (including phenoxy) is 1. The van der Waals surface area contributed by atoms with E-state index in [2.05, 4.69) is 10.5 Å². The number of carbonyl (C=O) groups is 1. The number of hydrogen-bond donors (Lipinski definition) is 1. The molecule has 0 atom stereocenters. The Balaban J connectivity index is 1.86. The van der Waals surface area contributed by atoms with Crippen LogP contribution in [0.1, 0.15) is 11.1 Å². The Hall–Kier alpha value is -2.69. The zero-order chi connectivity index (χ0) is 15.1. The first kappa shape index (κ1) is 14.7. The third kappa shape index (κ3) is 4.72. The molecule has 2 aromatic rings. The van der Waals surface area contributed by atoms with Crippen LogP contribution in [0.3, 0.4) is 0 Å². The second-order valence-electron chi connectivity index (χ2n) is 4.37. The Bertz CT molecular complexity index is 639. The molecule has 2 aromatic carbocycles. The van der Waals surface area contributed by atoms with Crippen LogP contribution in [0.5, 0.6) is 5.75 Å². The standard InChI is InChI=1S/C16H15FN2O2/c1-21-15-7-5-12(6-8-15)10-16(20)19-18-11-13-3-2-4-14(17)9-13/h2-9,11H,10H2,1H3,(H,19,20). The summed E-state index contributed by atoms with van der Waals surface area (Å²) in [5.41, 5.74) is 3.84. The third-order valence-electron chi connectivity index (χ3n) is 2.78. The number of hydrogen-bond acceptors (Lipinski definition) is 3. The molecule has 0 heterocycles. The molecule has 0 radical (unpaired) electrons. The number of nitrogens with one attached hydrogen (secondary N) is 1. The summed E-state index contributed by atoms with van der Waals surface area (Å²) in [6.07, 6.45) is 1.61. The molecule has 5 heteroatoms. The van der Waals surface area contributed by atoms with Crippen LogP contribution >= 0.6 is 0 Å². The summed E-state index contributed by atoms with van der Waals surface area (Å²) in [5.74, 6) is 0.152. The smallest absolute Gasteiger partial charge is 0.244 e. The number of hydrazone groups is 1. The molecule has 108 valence electrons. The highest BCUT2D eigenvalue weighted by Gasteiger charge is 2.02. The molecule has 0 saturated heterocycles. The molecule has 0 aliphatic heterocycles. The van der Waals surface area contributed by atoms with E-state index < -0.39 is 0 Å². The zero-order valence-electron chi connectivity index (χ0n) is 11.5. The molecule has 2 rings (SSSR count). The normalized spacial score (nSPS) is 10.6. The van der Waals surface area contributed by atoms with Gasteiger partial charge < -0.3 is 4.74 Å². The van der Waals surface area contributed by atoms with Gasteiger partial charge in [-0.05, 0) is 35.4 Å². The van der Waals surface area contributed by atoms with Gasteiger partial charge in [0.15, 0.2) is 0 Å². The van der Waals surface area contributed by atoms with Gasteiger partial charge >= 0.3 is 0 Å². The molecule has 1 N–H and O–H groups in total. The zero-order valence-corrected chi connectivity index (χ0v) is 11.5. The second-order valence-corrected chi connectivity index (χ2v) is 4.37. The lowest BCUT2D eigenvalue weighted by Gasteiger charge is -2.02. The molecule has 1 amide bonds. The SMILES string of the molecule is COc1ccc(CC(=O)NN=Cc2cccc(F)c2)cc1. The number of benzene rings is 2. The van der Waals surface area contributed by atoms with Gasteiger partial charge in [0.1, 0.15) is 11.6 Å². The fourth-order valence-corrected chi connectivity index (χ4v) is 1.73. The van der Waals surface area contributed by atoms with E-state index in [1.165, 1.54) is 18.3 Å². The predicted molar refractivity (Wildman–Crippen MR) is 78.8 cm³/mol. The predicted octanol–water partition coefficient (Wildman–Crippen LogP) is 2.53. The van der Waals surface area contributed by atoms with Gasteiger partial charge in [-0.15, -0.1) is 0 Å². The first-order valence-electron chi connectivity index (χ1n) is 6.38. The highest BCUT2D eigenvalue weighted by molar-refractivity contribution is 5.83. The van der Waals surface area contributed by atoms with Crippen molar-refractivity contribution in [3.05, 3.63) is 65.5 Å². The second kappa shape index (κ2) is 7.19. The Morgan fingerprint density at radius 1 is 1.29 bits per heavy atom. The molecular formula is C16H15FN2O2. The first-order chi connectivity index (χ1) is 10.2. The van der Waals surface area contributed by atoms with E-state index in [4.69, 9.17) is 4.74 Å². The van der Waals surface area contributed by atoms with Crippen molar-refractivity contribution in [1.82, 2.24) is 5.43 Å². The quantitative estimate of drug-likeness (QED) is 0.678. The molecule has 0 unspecified atom stereocenters. The fraction of sp³-hybridized carbons (Fsp3) is 0.125. The van der Waals surface area contributed by atoms with Crippen molar-refractivity contribution >= 4 is 12.1 Å². The lowest BCUT2D eigenvalue weighted by molar-refractivity contribution is -0.120. The first-order valence-corrected chi connectivity index (χ1v) is 6.38. The Kier molecular flexibility index (Phi) is 5.04. The molecule has 0 fully saturated rings. The van der Waals surface area contributed by atoms with Gasteiger partial charge in [-0.3, -0.25) is 4.79 Å². The molecule has 0 aliphatic carbocycles. The average molecular weight is 286 g/mol. The minimum Gasteiger partial charge on any atom is -0.497 e. The summed E-state index contributed by atoms with van der Waals surface area (Å²) < 4.78 is 18.0. The van der Waals surface area contributed by atoms with Gasteiger partial charge in [0.2, 0.25) is 5.91 Å². The highest BCUT2D eigenvalue weighted by Crippen LogP contribution is 2.11. The van der Waals surface area contributed by atoms with Crippen LogP contribution in [-0.4, -0.2) is 19.2 Å². The molecule has 0 aliphatic rings. The van der Waals surface area contributed by atoms with Crippen LogP contribution in [-0.2, 0) is 11.2 Å². The van der Waals surface area contributed by atoms with Crippen molar-refractivity contribution in [1.29, 1.82) is 0 Å². The van der Waals surface area contributed by atoms with E-state index in [9.17, 15) is 9.18 Å². The molecule has 0 bridgehead atoms. The number of amides is 1. The van der Waals surface area contributed by atoms with Crippen LogP contribution in [0, 0.1) is 5.82 Å². The van der Waals surface area contributed by atoms with Gasteiger partial charge in [-0.1, -0.05) is 24.3 Å². The molecule has 0 aromatic heterocycles. The van der Waals surface area contributed by atoms with Gasteiger partial charge in [0.05, 0.1) is 19.7 Å². The Morgan fingerprint density at radius 2 is 2.05 bits per heavy atom. The lowest BCUT2D eigenvalue weighted by atomic mass is 10.1. The fourth-order valence-electron chi connectivity index (χ4n) is 1.73. The van der Waals surface area contributed by atoms with Crippen molar-refractivity contribution in [2.75, 3.05) is 7.11 Å². The molecule has 4 nitrogen and oxygen atoms in total. The number of carbonyl (C=O) groups excluding carboxylic acids is 1. The highest BCUT2D eigenvalue weighted by atomic mass is 19.1. The molecular weight excluding hydrogens is 271 g/mol. The van der Waals surface area contributed by atoms with Crippen LogP contribution in [0.4, 0.5) is 4.39 Å². The number of methoxy groups -OCH3 is 1. The average Bonchev–Trinajstić information content (AvgIpc) is 2.48. The summed E-state index contributed by atoms with van der Waals surface area (Å²) in [7, 11) is 1.59. The van der Waals surface area contributed by atoms with Crippen LogP contribution < -0.4 is 10.2 Å². The summed E-state index contributed by atoms with van der Waals surface area (Å²) in [5, 5.41) is 3.80. The van der Waals surface area contributed by atoms with Crippen LogP contribution in [0.15, 0.2) is 53.6 Å². The monoisotopic (exact) mass is 286 g/mol. The maximum atomic E-state index is 12.9. The van der Waals surface area contributed by atoms with Gasteiger partial charge in [-0.25, -0.2) is 9.82 Å². The minimum absolute atomic E-state index is 0.213. The van der Waals surface area contributed by atoms with Crippen molar-refractivity contribution in [3.63, 3.8) is 0 Å². The van der Waals surface area contributed by atoms with Gasteiger partial charge in [-0.2, -0.15) is 5.10 Å². The van der Waals surface area contributed by atoms with E-state index in [1.807, 2.05) is 12.1 Å². The molecule has 21 heavy (non-hydrogen) atoms. The largest absolute Gasteiger partial charge is 0.497 e. The van der Waals surface area contributed by atoms with Crippen LogP contribution in [0.25, 0.3) is 0 Å². The summed E-state index contributed by atoms with van der Waals surface area (Å²) in [6.45, 7) is 0. The van der Waals surface area contributed by atoms with Gasteiger partial charge in [0.25, 0.3) is 0 Å². The van der Waals surface area contributed by atoms with Crippen LogP contribution in [0.2, 0.25) is 0 Å². The lowest BCUT2D eigenvalue weighted by Crippen LogP contribution is -2.19. The van der Waals surface area contributed by atoms with E-state index in [0.717, 1.165) is 11.3 Å². The third-order valence-corrected chi connectivity index (χ3v) is 2.78. The van der Waals surface area contributed by atoms with Crippen molar-refractivity contribution in [2.24, 2.45) is 5.10 Å². The maximum absolute atomic E-state index is 12.9. The molecule has 0 spiro atoms. The van der Waals surface area contributed by atoms with Crippen molar-refractivity contribution < 1.29 is 13.9 Å². The van der Waals surface area contributed by atoms with Crippen molar-refractivity contribution in [3.8, 4) is 5.75 Å². The summed E-state index contributed by atoms with van der Waals surface area (Å²) >= 11 is 0. The van der Waals surface area contributed by atoms with Crippen molar-refractivity contribution in [2.45, 2.75) is 6.42 Å². The van der Waals surface area contributed by atoms with E-state index >= 15 is 0 Å². The number of rotatable bonds is 5. The van der Waals surface area contributed by atoms with E-state index in [0.29, 0.717) is 5.56 Å².